The monoisotopic (exact) mass is 278 g/mol. The average molecular weight is 278 g/mol. The van der Waals surface area contributed by atoms with Gasteiger partial charge in [0.2, 0.25) is 0 Å². The fourth-order valence-corrected chi connectivity index (χ4v) is 2.24. The third kappa shape index (κ3) is 5.10. The van der Waals surface area contributed by atoms with Crippen LogP contribution in [0.1, 0.15) is 67.7 Å². The molecule has 0 spiro atoms. The van der Waals surface area contributed by atoms with Crippen LogP contribution in [0.2, 0.25) is 6.32 Å². The Labute approximate surface area is 125 Å². The van der Waals surface area contributed by atoms with Crippen molar-refractivity contribution in [3.05, 3.63) is 23.3 Å². The first kappa shape index (κ1) is 17.5. The van der Waals surface area contributed by atoms with Crippen LogP contribution in [-0.4, -0.2) is 18.3 Å². The van der Waals surface area contributed by atoms with Gasteiger partial charge in [-0.15, -0.1) is 0 Å². The van der Waals surface area contributed by atoms with Crippen molar-refractivity contribution in [2.45, 2.75) is 85.3 Å². The van der Waals surface area contributed by atoms with Gasteiger partial charge in [0, 0.05) is 0 Å². The van der Waals surface area contributed by atoms with E-state index in [2.05, 4.69) is 60.6 Å². The Hall–Kier alpha value is -0.535. The zero-order chi connectivity index (χ0) is 15.4. The maximum absolute atomic E-state index is 6.00. The van der Waals surface area contributed by atoms with E-state index in [0.29, 0.717) is 0 Å². The van der Waals surface area contributed by atoms with Crippen LogP contribution in [-0.2, 0) is 9.31 Å². The highest BCUT2D eigenvalue weighted by Crippen LogP contribution is 2.38. The molecule has 1 saturated heterocycles. The standard InChI is InChI=1S/C17H31BO2/c1-14(2)10-8-11-15(3)12-9-13-18-19-16(4,5)17(6,7)20-18/h10,12H,8-9,11,13H2,1-7H3/b15-12+. The smallest absolute Gasteiger partial charge is 0.403 e. The lowest BCUT2D eigenvalue weighted by Gasteiger charge is -2.32. The minimum Gasteiger partial charge on any atom is -0.403 e. The first-order valence-corrected chi connectivity index (χ1v) is 7.79. The van der Waals surface area contributed by atoms with Gasteiger partial charge in [-0.2, -0.15) is 0 Å². The molecule has 1 aliphatic rings. The van der Waals surface area contributed by atoms with E-state index in [1.54, 1.807) is 0 Å². The second kappa shape index (κ2) is 6.95. The second-order valence-electron chi connectivity index (χ2n) is 7.13. The highest BCUT2D eigenvalue weighted by atomic mass is 16.7. The molecule has 0 saturated carbocycles. The highest BCUT2D eigenvalue weighted by Gasteiger charge is 2.50. The molecular formula is C17H31BO2. The molecule has 0 unspecified atom stereocenters. The summed E-state index contributed by atoms with van der Waals surface area (Å²) in [6.45, 7) is 14.9. The normalized spacial score (nSPS) is 21.1. The molecule has 20 heavy (non-hydrogen) atoms. The molecule has 0 N–H and O–H groups in total. The van der Waals surface area contributed by atoms with Crippen molar-refractivity contribution in [3.8, 4) is 0 Å². The SMILES string of the molecule is CC(C)=CCC/C(C)=C/CCB1OC(C)(C)C(C)(C)O1. The van der Waals surface area contributed by atoms with E-state index in [1.165, 1.54) is 11.1 Å². The van der Waals surface area contributed by atoms with E-state index < -0.39 is 0 Å². The van der Waals surface area contributed by atoms with Crippen LogP contribution in [0.4, 0.5) is 0 Å². The molecular weight excluding hydrogens is 247 g/mol. The Kier molecular flexibility index (Phi) is 6.09. The largest absolute Gasteiger partial charge is 0.458 e. The predicted octanol–water partition coefficient (Wildman–Crippen LogP) is 5.16. The van der Waals surface area contributed by atoms with Crippen molar-refractivity contribution in [2.75, 3.05) is 0 Å². The molecule has 0 radical (unpaired) electrons. The van der Waals surface area contributed by atoms with Crippen molar-refractivity contribution in [3.63, 3.8) is 0 Å². The molecule has 0 aromatic carbocycles. The van der Waals surface area contributed by atoms with Crippen LogP contribution in [0.5, 0.6) is 0 Å². The molecule has 3 heteroatoms. The molecule has 1 aliphatic heterocycles. The van der Waals surface area contributed by atoms with E-state index in [9.17, 15) is 0 Å². The van der Waals surface area contributed by atoms with Crippen LogP contribution >= 0.6 is 0 Å². The molecule has 1 rings (SSSR count). The minimum absolute atomic E-state index is 0.0677. The summed E-state index contributed by atoms with van der Waals surface area (Å²) in [4.78, 5) is 0. The first-order chi connectivity index (χ1) is 9.14. The molecule has 0 aromatic rings. The predicted molar refractivity (Wildman–Crippen MR) is 87.9 cm³/mol. The first-order valence-electron chi connectivity index (χ1n) is 7.79. The molecule has 2 nitrogen and oxygen atoms in total. The lowest BCUT2D eigenvalue weighted by atomic mass is 9.82. The fourth-order valence-electron chi connectivity index (χ4n) is 2.24. The Morgan fingerprint density at radius 3 is 1.95 bits per heavy atom. The van der Waals surface area contributed by atoms with Gasteiger partial charge < -0.3 is 9.31 Å². The summed E-state index contributed by atoms with van der Waals surface area (Å²) in [5.74, 6) is 0. The Balaban J connectivity index is 2.33. The Bertz CT molecular complexity index is 360. The van der Waals surface area contributed by atoms with Crippen LogP contribution < -0.4 is 0 Å². The van der Waals surface area contributed by atoms with Crippen molar-refractivity contribution in [1.29, 1.82) is 0 Å². The summed E-state index contributed by atoms with van der Waals surface area (Å²) in [6, 6.07) is 0. The number of rotatable bonds is 6. The highest BCUT2D eigenvalue weighted by molar-refractivity contribution is 6.45. The van der Waals surface area contributed by atoms with Crippen LogP contribution in [0.3, 0.4) is 0 Å². The van der Waals surface area contributed by atoms with Gasteiger partial charge in [0.1, 0.15) is 0 Å². The molecule has 0 aromatic heterocycles. The molecule has 0 aliphatic carbocycles. The van der Waals surface area contributed by atoms with Gasteiger partial charge in [-0.3, -0.25) is 0 Å². The number of hydrogen-bond donors (Lipinski definition) is 0. The van der Waals surface area contributed by atoms with E-state index in [-0.39, 0.29) is 18.3 Å². The van der Waals surface area contributed by atoms with E-state index in [0.717, 1.165) is 25.6 Å². The molecule has 0 bridgehead atoms. The third-order valence-corrected chi connectivity index (χ3v) is 4.29. The summed E-state index contributed by atoms with van der Waals surface area (Å²) in [5.41, 5.74) is 2.44. The van der Waals surface area contributed by atoms with Crippen molar-refractivity contribution < 1.29 is 9.31 Å². The van der Waals surface area contributed by atoms with Gasteiger partial charge in [0.15, 0.2) is 0 Å². The van der Waals surface area contributed by atoms with Gasteiger partial charge in [-0.25, -0.2) is 0 Å². The van der Waals surface area contributed by atoms with Gasteiger partial charge in [0.25, 0.3) is 0 Å². The van der Waals surface area contributed by atoms with Crippen LogP contribution in [0, 0.1) is 0 Å². The molecule has 0 atom stereocenters. The van der Waals surface area contributed by atoms with Gasteiger partial charge in [0.05, 0.1) is 11.2 Å². The summed E-state index contributed by atoms with van der Waals surface area (Å²) < 4.78 is 12.0. The summed E-state index contributed by atoms with van der Waals surface area (Å²) in [7, 11) is -0.0677. The Morgan fingerprint density at radius 1 is 0.900 bits per heavy atom. The lowest BCUT2D eigenvalue weighted by Crippen LogP contribution is -2.41. The van der Waals surface area contributed by atoms with Crippen LogP contribution in [0.15, 0.2) is 23.3 Å². The zero-order valence-corrected chi connectivity index (χ0v) is 14.4. The topological polar surface area (TPSA) is 18.5 Å². The van der Waals surface area contributed by atoms with Crippen LogP contribution in [0.25, 0.3) is 0 Å². The van der Waals surface area contributed by atoms with Gasteiger partial charge in [-0.1, -0.05) is 23.3 Å². The maximum atomic E-state index is 6.00. The number of hydrogen-bond acceptors (Lipinski definition) is 2. The average Bonchev–Trinajstić information content (AvgIpc) is 2.46. The zero-order valence-electron chi connectivity index (χ0n) is 14.4. The number of allylic oxidation sites excluding steroid dienone is 4. The summed E-state index contributed by atoms with van der Waals surface area (Å²) in [5, 5.41) is 0. The van der Waals surface area contributed by atoms with Crippen molar-refractivity contribution in [1.82, 2.24) is 0 Å². The fraction of sp³-hybridized carbons (Fsp3) is 0.765. The maximum Gasteiger partial charge on any atom is 0.458 e. The van der Waals surface area contributed by atoms with E-state index in [4.69, 9.17) is 9.31 Å². The van der Waals surface area contributed by atoms with Gasteiger partial charge in [-0.05, 0) is 74.0 Å². The molecule has 0 amide bonds. The van der Waals surface area contributed by atoms with E-state index in [1.807, 2.05) is 0 Å². The molecule has 114 valence electrons. The quantitative estimate of drug-likeness (QED) is 0.493. The summed E-state index contributed by atoms with van der Waals surface area (Å²) >= 11 is 0. The third-order valence-electron chi connectivity index (χ3n) is 4.29. The Morgan fingerprint density at radius 2 is 1.45 bits per heavy atom. The van der Waals surface area contributed by atoms with Gasteiger partial charge >= 0.3 is 7.12 Å². The summed E-state index contributed by atoms with van der Waals surface area (Å²) in [6.07, 6.45) is 8.87. The van der Waals surface area contributed by atoms with E-state index >= 15 is 0 Å². The lowest BCUT2D eigenvalue weighted by molar-refractivity contribution is 0.00578. The second-order valence-corrected chi connectivity index (χ2v) is 7.13. The molecule has 1 fully saturated rings. The van der Waals surface area contributed by atoms with Crippen molar-refractivity contribution in [2.24, 2.45) is 0 Å². The minimum atomic E-state index is -0.208. The van der Waals surface area contributed by atoms with Crippen molar-refractivity contribution >= 4 is 7.12 Å². The molecule has 1 heterocycles.